The summed E-state index contributed by atoms with van der Waals surface area (Å²) in [6.45, 7) is 4.30. The second kappa shape index (κ2) is 6.47. The van der Waals surface area contributed by atoms with Crippen molar-refractivity contribution in [1.29, 1.82) is 0 Å². The van der Waals surface area contributed by atoms with Gasteiger partial charge >= 0.3 is 0 Å². The first-order chi connectivity index (χ1) is 10.1. The molecule has 1 aromatic rings. The number of aromatic nitrogens is 3. The Balaban J connectivity index is 1.60. The van der Waals surface area contributed by atoms with Gasteiger partial charge in [0.05, 0.1) is 0 Å². The van der Waals surface area contributed by atoms with Gasteiger partial charge in [-0.15, -0.1) is 0 Å². The minimum atomic E-state index is 0.245. The van der Waals surface area contributed by atoms with Gasteiger partial charge in [0.15, 0.2) is 0 Å². The number of nitrogens with zero attached hydrogens (tertiary/aromatic N) is 3. The Morgan fingerprint density at radius 1 is 1.19 bits per heavy atom. The Bertz CT molecular complexity index is 453. The molecule has 4 atom stereocenters. The molecule has 0 bridgehead atoms. The molecule has 21 heavy (non-hydrogen) atoms. The van der Waals surface area contributed by atoms with Gasteiger partial charge in [-0.25, -0.2) is 9.67 Å². The average Bonchev–Trinajstić information content (AvgIpc) is 2.95. The minimum absolute atomic E-state index is 0.245. The van der Waals surface area contributed by atoms with Crippen molar-refractivity contribution >= 4 is 0 Å². The van der Waals surface area contributed by atoms with Gasteiger partial charge in [0.2, 0.25) is 0 Å². The molecule has 2 N–H and O–H groups in total. The number of rotatable bonds is 4. The summed E-state index contributed by atoms with van der Waals surface area (Å²) in [4.78, 5) is 4.43. The lowest BCUT2D eigenvalue weighted by molar-refractivity contribution is 0.116. The summed E-state index contributed by atoms with van der Waals surface area (Å²) in [5.74, 6) is 3.69. The Hall–Kier alpha value is -0.900. The molecule has 2 aliphatic rings. The maximum atomic E-state index is 6.55. The summed E-state index contributed by atoms with van der Waals surface area (Å²) in [6.07, 6.45) is 12.4. The van der Waals surface area contributed by atoms with Crippen LogP contribution in [0.3, 0.4) is 0 Å². The van der Waals surface area contributed by atoms with E-state index in [0.717, 1.165) is 24.1 Å². The van der Waals surface area contributed by atoms with Crippen molar-refractivity contribution in [2.75, 3.05) is 0 Å². The van der Waals surface area contributed by atoms with Gasteiger partial charge in [-0.1, -0.05) is 25.7 Å². The van der Waals surface area contributed by atoms with Crippen LogP contribution < -0.4 is 5.73 Å². The summed E-state index contributed by atoms with van der Waals surface area (Å²) in [6, 6.07) is 0.610. The summed E-state index contributed by atoms with van der Waals surface area (Å²) >= 11 is 0. The van der Waals surface area contributed by atoms with Crippen LogP contribution in [-0.2, 0) is 6.42 Å². The topological polar surface area (TPSA) is 56.7 Å². The zero-order chi connectivity index (χ0) is 14.8. The molecule has 4 unspecified atom stereocenters. The van der Waals surface area contributed by atoms with Gasteiger partial charge in [0.1, 0.15) is 12.2 Å². The Labute approximate surface area is 128 Å². The van der Waals surface area contributed by atoms with E-state index in [1.807, 2.05) is 4.68 Å². The van der Waals surface area contributed by atoms with Crippen molar-refractivity contribution in [1.82, 2.24) is 14.8 Å². The van der Waals surface area contributed by atoms with Gasteiger partial charge in [0, 0.05) is 18.5 Å². The molecule has 2 saturated carbocycles. The van der Waals surface area contributed by atoms with Crippen LogP contribution >= 0.6 is 0 Å². The molecule has 2 fully saturated rings. The number of nitrogens with two attached hydrogens (primary N) is 1. The van der Waals surface area contributed by atoms with E-state index in [1.165, 1.54) is 44.9 Å². The first kappa shape index (κ1) is 15.0. The van der Waals surface area contributed by atoms with Crippen molar-refractivity contribution in [3.8, 4) is 0 Å². The standard InChI is InChI=1S/C17H30N4/c1-12(2)21-17(19-11-20-21)10-16(18)15-8-7-13-5-3-4-6-14(13)9-15/h11-16H,3-10,18H2,1-2H3. The number of hydrogen-bond acceptors (Lipinski definition) is 3. The number of hydrogen-bond donors (Lipinski definition) is 1. The molecule has 0 aromatic carbocycles. The highest BCUT2D eigenvalue weighted by molar-refractivity contribution is 4.95. The first-order valence-electron chi connectivity index (χ1n) is 8.79. The molecule has 0 aliphatic heterocycles. The van der Waals surface area contributed by atoms with Gasteiger partial charge < -0.3 is 5.73 Å². The smallest absolute Gasteiger partial charge is 0.138 e. The quantitative estimate of drug-likeness (QED) is 0.925. The molecular weight excluding hydrogens is 260 g/mol. The highest BCUT2D eigenvalue weighted by Gasteiger charge is 2.34. The summed E-state index contributed by atoms with van der Waals surface area (Å²) in [5, 5.41) is 4.33. The fourth-order valence-corrected chi connectivity index (χ4v) is 4.53. The molecule has 3 rings (SSSR count). The van der Waals surface area contributed by atoms with Crippen LogP contribution in [-0.4, -0.2) is 20.8 Å². The van der Waals surface area contributed by atoms with Crippen LogP contribution in [0.15, 0.2) is 6.33 Å². The molecule has 2 aliphatic carbocycles. The van der Waals surface area contributed by atoms with E-state index < -0.39 is 0 Å². The highest BCUT2D eigenvalue weighted by Crippen LogP contribution is 2.43. The predicted octanol–water partition coefficient (Wildman–Crippen LogP) is 3.34. The van der Waals surface area contributed by atoms with Crippen molar-refractivity contribution < 1.29 is 0 Å². The fourth-order valence-electron chi connectivity index (χ4n) is 4.53. The molecule has 0 saturated heterocycles. The van der Waals surface area contributed by atoms with E-state index in [9.17, 15) is 0 Å². The third-order valence-electron chi connectivity index (χ3n) is 5.74. The van der Waals surface area contributed by atoms with Crippen LogP contribution in [0, 0.1) is 17.8 Å². The highest BCUT2D eigenvalue weighted by atomic mass is 15.3. The molecule has 4 heteroatoms. The van der Waals surface area contributed by atoms with E-state index in [1.54, 1.807) is 6.33 Å². The molecule has 4 nitrogen and oxygen atoms in total. The molecule has 1 heterocycles. The molecule has 0 amide bonds. The van der Waals surface area contributed by atoms with Crippen molar-refractivity contribution in [3.05, 3.63) is 12.2 Å². The van der Waals surface area contributed by atoms with Gasteiger partial charge in [-0.05, 0) is 50.9 Å². The molecule has 1 aromatic heterocycles. The maximum Gasteiger partial charge on any atom is 0.138 e. The van der Waals surface area contributed by atoms with Crippen LogP contribution in [0.5, 0.6) is 0 Å². The van der Waals surface area contributed by atoms with Crippen LogP contribution in [0.2, 0.25) is 0 Å². The maximum absolute atomic E-state index is 6.55. The Morgan fingerprint density at radius 3 is 2.71 bits per heavy atom. The lowest BCUT2D eigenvalue weighted by atomic mass is 9.66. The largest absolute Gasteiger partial charge is 0.327 e. The average molecular weight is 290 g/mol. The van der Waals surface area contributed by atoms with Crippen molar-refractivity contribution in [2.24, 2.45) is 23.5 Å². The van der Waals surface area contributed by atoms with Gasteiger partial charge in [-0.3, -0.25) is 0 Å². The normalized spacial score (nSPS) is 31.1. The molecule has 0 spiro atoms. The SMILES string of the molecule is CC(C)n1ncnc1CC(N)C1CCC2CCCCC2C1. The van der Waals surface area contributed by atoms with E-state index in [0.29, 0.717) is 12.0 Å². The van der Waals surface area contributed by atoms with E-state index >= 15 is 0 Å². The molecular formula is C17H30N4. The van der Waals surface area contributed by atoms with Crippen LogP contribution in [0.4, 0.5) is 0 Å². The van der Waals surface area contributed by atoms with Gasteiger partial charge in [-0.2, -0.15) is 5.10 Å². The second-order valence-electron chi connectivity index (χ2n) is 7.46. The summed E-state index contributed by atoms with van der Waals surface area (Å²) < 4.78 is 2.02. The fraction of sp³-hybridized carbons (Fsp3) is 0.882. The lowest BCUT2D eigenvalue weighted by Crippen LogP contribution is -2.39. The monoisotopic (exact) mass is 290 g/mol. The first-order valence-corrected chi connectivity index (χ1v) is 8.79. The molecule has 0 radical (unpaired) electrons. The third kappa shape index (κ3) is 3.31. The Kier molecular flexibility index (Phi) is 4.63. The van der Waals surface area contributed by atoms with Crippen molar-refractivity contribution in [2.45, 2.75) is 77.3 Å². The van der Waals surface area contributed by atoms with E-state index in [2.05, 4.69) is 23.9 Å². The van der Waals surface area contributed by atoms with E-state index in [-0.39, 0.29) is 6.04 Å². The lowest BCUT2D eigenvalue weighted by Gasteiger charge is -2.41. The van der Waals surface area contributed by atoms with Crippen molar-refractivity contribution in [3.63, 3.8) is 0 Å². The zero-order valence-corrected chi connectivity index (χ0v) is 13.5. The zero-order valence-electron chi connectivity index (χ0n) is 13.5. The Morgan fingerprint density at radius 2 is 1.95 bits per heavy atom. The summed E-state index contributed by atoms with van der Waals surface area (Å²) in [5.41, 5.74) is 6.55. The van der Waals surface area contributed by atoms with E-state index in [4.69, 9.17) is 5.73 Å². The van der Waals surface area contributed by atoms with Crippen LogP contribution in [0.25, 0.3) is 0 Å². The van der Waals surface area contributed by atoms with Gasteiger partial charge in [0.25, 0.3) is 0 Å². The second-order valence-corrected chi connectivity index (χ2v) is 7.46. The number of fused-ring (bicyclic) bond motifs is 1. The molecule has 118 valence electrons. The third-order valence-corrected chi connectivity index (χ3v) is 5.74. The summed E-state index contributed by atoms with van der Waals surface area (Å²) in [7, 11) is 0. The minimum Gasteiger partial charge on any atom is -0.327 e. The predicted molar refractivity (Wildman–Crippen MR) is 84.9 cm³/mol. The van der Waals surface area contributed by atoms with Crippen LogP contribution in [0.1, 0.15) is 70.7 Å².